The Labute approximate surface area is 132 Å². The molecule has 2 atom stereocenters. The molecular weight excluding hydrogens is 339 g/mol. The second-order valence-corrected chi connectivity index (χ2v) is 7.39. The van der Waals surface area contributed by atoms with Gasteiger partial charge in [-0.2, -0.15) is 4.31 Å². The molecule has 1 aliphatic rings. The number of methoxy groups -OCH3 is 1. The van der Waals surface area contributed by atoms with E-state index < -0.39 is 28.1 Å². The van der Waals surface area contributed by atoms with Crippen LogP contribution in [0.1, 0.15) is 6.42 Å². The average molecular weight is 353 g/mol. The highest BCUT2D eigenvalue weighted by molar-refractivity contribution is 7.89. The molecule has 1 saturated heterocycles. The van der Waals surface area contributed by atoms with E-state index in [1.165, 1.54) is 25.3 Å². The fourth-order valence-corrected chi connectivity index (χ4v) is 4.26. The number of benzene rings is 1. The fourth-order valence-electron chi connectivity index (χ4n) is 2.23. The van der Waals surface area contributed by atoms with E-state index in [1.807, 2.05) is 0 Å². The molecule has 2 rings (SSSR count). The Balaban J connectivity index is 2.41. The summed E-state index contributed by atoms with van der Waals surface area (Å²) in [5.74, 6) is -0.633. The molecule has 0 saturated carbocycles. The number of sulfonamides is 1. The highest BCUT2D eigenvalue weighted by Crippen LogP contribution is 2.30. The van der Waals surface area contributed by atoms with E-state index in [9.17, 15) is 13.2 Å². The van der Waals surface area contributed by atoms with Crippen LogP contribution in [0.3, 0.4) is 0 Å². The topological polar surface area (TPSA) is 89.7 Å². The van der Waals surface area contributed by atoms with Gasteiger partial charge in [-0.1, -0.05) is 23.2 Å². The lowest BCUT2D eigenvalue weighted by Gasteiger charge is -2.22. The number of esters is 1. The van der Waals surface area contributed by atoms with Crippen molar-refractivity contribution in [2.24, 2.45) is 5.73 Å². The Morgan fingerprint density at radius 1 is 1.38 bits per heavy atom. The number of carbonyl (C=O) groups is 1. The van der Waals surface area contributed by atoms with Gasteiger partial charge in [0.25, 0.3) is 0 Å². The van der Waals surface area contributed by atoms with E-state index >= 15 is 0 Å². The smallest absolute Gasteiger partial charge is 0.324 e. The maximum atomic E-state index is 12.6. The van der Waals surface area contributed by atoms with Crippen LogP contribution in [-0.2, 0) is 19.6 Å². The Hall–Kier alpha value is -0.860. The first-order valence-electron chi connectivity index (χ1n) is 6.07. The number of hydrogen-bond donors (Lipinski definition) is 1. The molecule has 1 aliphatic heterocycles. The number of nitrogens with two attached hydrogens (primary N) is 1. The predicted octanol–water partition coefficient (Wildman–Crippen LogP) is 1.26. The summed E-state index contributed by atoms with van der Waals surface area (Å²) < 4.78 is 31.0. The number of hydrogen-bond acceptors (Lipinski definition) is 5. The molecule has 0 bridgehead atoms. The molecule has 1 aromatic carbocycles. The molecule has 0 aromatic heterocycles. The molecule has 9 heteroatoms. The zero-order valence-electron chi connectivity index (χ0n) is 11.1. The lowest BCUT2D eigenvalue weighted by molar-refractivity contribution is -0.144. The van der Waals surface area contributed by atoms with E-state index in [0.29, 0.717) is 0 Å². The Morgan fingerprint density at radius 2 is 2.05 bits per heavy atom. The fraction of sp³-hybridized carbons (Fsp3) is 0.417. The molecule has 1 heterocycles. The molecule has 21 heavy (non-hydrogen) atoms. The van der Waals surface area contributed by atoms with Crippen molar-refractivity contribution in [2.45, 2.75) is 23.4 Å². The SMILES string of the molecule is COC(=O)[C@H]1C[C@H](N)CN1S(=O)(=O)c1ccc(Cl)c(Cl)c1. The summed E-state index contributed by atoms with van der Waals surface area (Å²) in [5, 5.41) is 0.370. The van der Waals surface area contributed by atoms with Crippen molar-refractivity contribution in [1.82, 2.24) is 4.31 Å². The van der Waals surface area contributed by atoms with Gasteiger partial charge in [-0.05, 0) is 24.6 Å². The molecule has 0 amide bonds. The molecule has 0 aliphatic carbocycles. The first-order chi connectivity index (χ1) is 9.77. The maximum Gasteiger partial charge on any atom is 0.324 e. The summed E-state index contributed by atoms with van der Waals surface area (Å²) in [5.41, 5.74) is 5.78. The van der Waals surface area contributed by atoms with E-state index in [0.717, 1.165) is 4.31 Å². The Kier molecular flexibility index (Phi) is 4.79. The van der Waals surface area contributed by atoms with Crippen molar-refractivity contribution in [1.29, 1.82) is 0 Å². The molecule has 6 nitrogen and oxygen atoms in total. The van der Waals surface area contributed by atoms with E-state index in [1.54, 1.807) is 0 Å². The highest BCUT2D eigenvalue weighted by Gasteiger charge is 2.43. The van der Waals surface area contributed by atoms with Crippen LogP contribution in [0.2, 0.25) is 10.0 Å². The van der Waals surface area contributed by atoms with Crippen LogP contribution in [0, 0.1) is 0 Å². The van der Waals surface area contributed by atoms with Crippen molar-refractivity contribution >= 4 is 39.2 Å². The van der Waals surface area contributed by atoms with Crippen LogP contribution in [0.4, 0.5) is 0 Å². The van der Waals surface area contributed by atoms with E-state index in [-0.39, 0.29) is 27.9 Å². The van der Waals surface area contributed by atoms with Crippen molar-refractivity contribution < 1.29 is 17.9 Å². The standard InChI is InChI=1S/C12H14Cl2N2O4S/c1-20-12(17)11-4-7(15)6-16(11)21(18,19)8-2-3-9(13)10(14)5-8/h2-3,5,7,11H,4,6,15H2,1H3/t7-,11+/m0/s1. The van der Waals surface area contributed by atoms with Crippen LogP contribution in [-0.4, -0.2) is 44.4 Å². The number of ether oxygens (including phenoxy) is 1. The first-order valence-corrected chi connectivity index (χ1v) is 8.27. The van der Waals surface area contributed by atoms with Gasteiger partial charge in [-0.25, -0.2) is 8.42 Å². The average Bonchev–Trinajstić information content (AvgIpc) is 2.83. The van der Waals surface area contributed by atoms with Crippen molar-refractivity contribution in [3.63, 3.8) is 0 Å². The van der Waals surface area contributed by atoms with Gasteiger partial charge in [-0.15, -0.1) is 0 Å². The van der Waals surface area contributed by atoms with Gasteiger partial charge in [-0.3, -0.25) is 4.79 Å². The third kappa shape index (κ3) is 3.17. The van der Waals surface area contributed by atoms with Gasteiger partial charge >= 0.3 is 5.97 Å². The van der Waals surface area contributed by atoms with Crippen LogP contribution < -0.4 is 5.73 Å². The van der Waals surface area contributed by atoms with Gasteiger partial charge in [0.05, 0.1) is 22.1 Å². The molecule has 116 valence electrons. The first kappa shape index (κ1) is 16.5. The molecule has 1 aromatic rings. The number of nitrogens with zero attached hydrogens (tertiary/aromatic N) is 1. The van der Waals surface area contributed by atoms with E-state index in [2.05, 4.69) is 4.74 Å². The van der Waals surface area contributed by atoms with E-state index in [4.69, 9.17) is 28.9 Å². The number of halogens is 2. The normalized spacial score (nSPS) is 23.2. The predicted molar refractivity (Wildman–Crippen MR) is 78.8 cm³/mol. The summed E-state index contributed by atoms with van der Waals surface area (Å²) in [6.45, 7) is 0.0440. The minimum atomic E-state index is -3.91. The van der Waals surface area contributed by atoms with Crippen LogP contribution in [0.5, 0.6) is 0 Å². The highest BCUT2D eigenvalue weighted by atomic mass is 35.5. The molecular formula is C12H14Cl2N2O4S. The zero-order chi connectivity index (χ0) is 15.8. The molecule has 0 radical (unpaired) electrons. The Morgan fingerprint density at radius 3 is 2.62 bits per heavy atom. The van der Waals surface area contributed by atoms with Crippen molar-refractivity contribution in [2.75, 3.05) is 13.7 Å². The largest absolute Gasteiger partial charge is 0.468 e. The number of carbonyl (C=O) groups excluding carboxylic acids is 1. The van der Waals surface area contributed by atoms with Crippen LogP contribution in [0.15, 0.2) is 23.1 Å². The molecule has 1 fully saturated rings. The summed E-state index contributed by atoms with van der Waals surface area (Å²) in [6, 6.07) is 2.62. The number of rotatable bonds is 3. The zero-order valence-corrected chi connectivity index (χ0v) is 13.5. The van der Waals surface area contributed by atoms with Gasteiger partial charge in [0.2, 0.25) is 10.0 Å². The van der Waals surface area contributed by atoms with Crippen molar-refractivity contribution in [3.8, 4) is 0 Å². The van der Waals surface area contributed by atoms with Gasteiger partial charge in [0.15, 0.2) is 0 Å². The minimum Gasteiger partial charge on any atom is -0.468 e. The van der Waals surface area contributed by atoms with Crippen molar-refractivity contribution in [3.05, 3.63) is 28.2 Å². The summed E-state index contributed by atoms with van der Waals surface area (Å²) >= 11 is 11.6. The molecule has 0 unspecified atom stereocenters. The minimum absolute atomic E-state index is 0.0418. The second-order valence-electron chi connectivity index (χ2n) is 4.69. The van der Waals surface area contributed by atoms with Crippen LogP contribution in [0.25, 0.3) is 0 Å². The molecule has 0 spiro atoms. The van der Waals surface area contributed by atoms with Gasteiger partial charge in [0, 0.05) is 12.6 Å². The summed E-state index contributed by atoms with van der Waals surface area (Å²) in [7, 11) is -2.70. The molecule has 2 N–H and O–H groups in total. The van der Waals surface area contributed by atoms with Gasteiger partial charge < -0.3 is 10.5 Å². The third-order valence-corrected chi connectivity index (χ3v) is 5.87. The monoisotopic (exact) mass is 352 g/mol. The van der Waals surface area contributed by atoms with Crippen LogP contribution >= 0.6 is 23.2 Å². The third-order valence-electron chi connectivity index (χ3n) is 3.26. The quantitative estimate of drug-likeness (QED) is 0.827. The lowest BCUT2D eigenvalue weighted by atomic mass is 10.2. The lowest BCUT2D eigenvalue weighted by Crippen LogP contribution is -2.41. The summed E-state index contributed by atoms with van der Waals surface area (Å²) in [6.07, 6.45) is 0.216. The summed E-state index contributed by atoms with van der Waals surface area (Å²) in [4.78, 5) is 11.7. The maximum absolute atomic E-state index is 12.6. The Bertz CT molecular complexity index is 665. The van der Waals surface area contributed by atoms with Gasteiger partial charge in [0.1, 0.15) is 6.04 Å². The second kappa shape index (κ2) is 6.10.